The van der Waals surface area contributed by atoms with Crippen LogP contribution < -0.4 is 10.5 Å². The molecule has 1 aromatic carbocycles. The summed E-state index contributed by atoms with van der Waals surface area (Å²) in [5, 5.41) is 0. The molecular weight excluding hydrogens is 255 g/mol. The zero-order chi connectivity index (χ0) is 14.4. The highest BCUT2D eigenvalue weighted by atomic mass is 19.1. The molecule has 0 saturated heterocycles. The van der Waals surface area contributed by atoms with Crippen LogP contribution in [-0.2, 0) is 12.8 Å². The molecule has 1 aromatic heterocycles. The molecule has 4 heteroatoms. The van der Waals surface area contributed by atoms with E-state index in [0.717, 1.165) is 17.5 Å². The van der Waals surface area contributed by atoms with Crippen LogP contribution in [-0.4, -0.2) is 17.6 Å². The van der Waals surface area contributed by atoms with Gasteiger partial charge < -0.3 is 10.5 Å². The molecule has 2 rings (SSSR count). The number of hydrogen-bond acceptors (Lipinski definition) is 3. The minimum absolute atomic E-state index is 0.0301. The van der Waals surface area contributed by atoms with Gasteiger partial charge in [0.1, 0.15) is 11.6 Å². The van der Waals surface area contributed by atoms with E-state index in [0.29, 0.717) is 18.8 Å². The Hall–Kier alpha value is -1.94. The first-order chi connectivity index (χ1) is 9.65. The highest BCUT2D eigenvalue weighted by Gasteiger charge is 2.08. The maximum atomic E-state index is 13.3. The second-order valence-electron chi connectivity index (χ2n) is 4.89. The van der Waals surface area contributed by atoms with Gasteiger partial charge in [-0.2, -0.15) is 0 Å². The summed E-state index contributed by atoms with van der Waals surface area (Å²) in [6, 6.07) is 8.43. The number of aromatic nitrogens is 1. The molecule has 0 bridgehead atoms. The molecular formula is C16H19FN2O. The number of hydrogen-bond donors (Lipinski definition) is 1. The van der Waals surface area contributed by atoms with Gasteiger partial charge in [0, 0.05) is 24.9 Å². The highest BCUT2D eigenvalue weighted by Crippen LogP contribution is 2.21. The fraction of sp³-hybridized carbons (Fsp3) is 0.312. The van der Waals surface area contributed by atoms with Gasteiger partial charge in [0.05, 0.1) is 6.61 Å². The molecule has 0 aliphatic carbocycles. The molecule has 2 N–H and O–H groups in total. The Morgan fingerprint density at radius 1 is 1.35 bits per heavy atom. The number of nitrogens with zero attached hydrogens (tertiary/aromatic N) is 1. The summed E-state index contributed by atoms with van der Waals surface area (Å²) in [5.74, 6) is 0.438. The standard InChI is InChI=1S/C16H19FN2O/c1-12(18)9-14-10-15(17)4-5-16(14)20-8-6-13-3-2-7-19-11-13/h2-5,7,10-12H,6,8-9,18H2,1H3. The average molecular weight is 274 g/mol. The topological polar surface area (TPSA) is 48.1 Å². The first-order valence-corrected chi connectivity index (χ1v) is 6.71. The third-order valence-electron chi connectivity index (χ3n) is 2.94. The van der Waals surface area contributed by atoms with Crippen molar-refractivity contribution in [2.24, 2.45) is 5.73 Å². The lowest BCUT2D eigenvalue weighted by Crippen LogP contribution is -2.18. The second-order valence-corrected chi connectivity index (χ2v) is 4.89. The van der Waals surface area contributed by atoms with Gasteiger partial charge in [-0.15, -0.1) is 0 Å². The summed E-state index contributed by atoms with van der Waals surface area (Å²) in [7, 11) is 0. The highest BCUT2D eigenvalue weighted by molar-refractivity contribution is 5.34. The number of benzene rings is 1. The predicted octanol–water partition coefficient (Wildman–Crippen LogP) is 2.73. The first kappa shape index (κ1) is 14.5. The Bertz CT molecular complexity index is 543. The van der Waals surface area contributed by atoms with E-state index in [1.807, 2.05) is 25.3 Å². The average Bonchev–Trinajstić information content (AvgIpc) is 2.42. The summed E-state index contributed by atoms with van der Waals surface area (Å²) in [6.45, 7) is 2.42. The Morgan fingerprint density at radius 2 is 2.20 bits per heavy atom. The van der Waals surface area contributed by atoms with Crippen molar-refractivity contribution in [3.8, 4) is 5.75 Å². The van der Waals surface area contributed by atoms with Crippen LogP contribution in [0.25, 0.3) is 0 Å². The van der Waals surface area contributed by atoms with Crippen molar-refractivity contribution in [2.45, 2.75) is 25.8 Å². The number of halogens is 1. The Balaban J connectivity index is 1.98. The van der Waals surface area contributed by atoms with Gasteiger partial charge in [0.15, 0.2) is 0 Å². The third kappa shape index (κ3) is 4.31. The molecule has 0 radical (unpaired) electrons. The summed E-state index contributed by atoms with van der Waals surface area (Å²) in [6.07, 6.45) is 4.92. The molecule has 0 amide bonds. The molecule has 3 nitrogen and oxygen atoms in total. The molecule has 1 heterocycles. The second kappa shape index (κ2) is 7.01. The molecule has 0 spiro atoms. The van der Waals surface area contributed by atoms with Crippen LogP contribution in [0.15, 0.2) is 42.7 Å². The predicted molar refractivity (Wildman–Crippen MR) is 77.2 cm³/mol. The van der Waals surface area contributed by atoms with Crippen LogP contribution in [0.4, 0.5) is 4.39 Å². The Morgan fingerprint density at radius 3 is 2.90 bits per heavy atom. The molecule has 1 unspecified atom stereocenters. The van der Waals surface area contributed by atoms with Gasteiger partial charge in [-0.3, -0.25) is 4.98 Å². The van der Waals surface area contributed by atoms with Gasteiger partial charge in [0.2, 0.25) is 0 Å². The molecule has 20 heavy (non-hydrogen) atoms. The van der Waals surface area contributed by atoms with Crippen LogP contribution in [0.3, 0.4) is 0 Å². The van der Waals surface area contributed by atoms with E-state index in [4.69, 9.17) is 10.5 Å². The lowest BCUT2D eigenvalue weighted by atomic mass is 10.1. The number of rotatable bonds is 6. The number of pyridine rings is 1. The lowest BCUT2D eigenvalue weighted by Gasteiger charge is -2.13. The van der Waals surface area contributed by atoms with Gasteiger partial charge in [-0.05, 0) is 48.7 Å². The van der Waals surface area contributed by atoms with Crippen LogP contribution in [0, 0.1) is 5.82 Å². The van der Waals surface area contributed by atoms with Crippen molar-refractivity contribution in [3.63, 3.8) is 0 Å². The smallest absolute Gasteiger partial charge is 0.123 e. The van der Waals surface area contributed by atoms with E-state index in [1.165, 1.54) is 12.1 Å². The third-order valence-corrected chi connectivity index (χ3v) is 2.94. The van der Waals surface area contributed by atoms with Crippen LogP contribution in [0.2, 0.25) is 0 Å². The van der Waals surface area contributed by atoms with Gasteiger partial charge in [-0.25, -0.2) is 4.39 Å². The van der Waals surface area contributed by atoms with Gasteiger partial charge in [0.25, 0.3) is 0 Å². The van der Waals surface area contributed by atoms with Crippen molar-refractivity contribution in [1.29, 1.82) is 0 Å². The molecule has 0 aliphatic heterocycles. The van der Waals surface area contributed by atoms with Crippen molar-refractivity contribution in [2.75, 3.05) is 6.61 Å². The van der Waals surface area contributed by atoms with E-state index in [1.54, 1.807) is 12.3 Å². The minimum Gasteiger partial charge on any atom is -0.493 e. The first-order valence-electron chi connectivity index (χ1n) is 6.71. The summed E-state index contributed by atoms with van der Waals surface area (Å²) in [5.41, 5.74) is 7.70. The van der Waals surface area contributed by atoms with Gasteiger partial charge >= 0.3 is 0 Å². The van der Waals surface area contributed by atoms with Crippen LogP contribution in [0.1, 0.15) is 18.1 Å². The fourth-order valence-corrected chi connectivity index (χ4v) is 2.02. The maximum absolute atomic E-state index is 13.3. The van der Waals surface area contributed by atoms with E-state index in [9.17, 15) is 4.39 Å². The summed E-state index contributed by atoms with van der Waals surface area (Å²) >= 11 is 0. The Kier molecular flexibility index (Phi) is 5.07. The monoisotopic (exact) mass is 274 g/mol. The quantitative estimate of drug-likeness (QED) is 0.881. The zero-order valence-corrected chi connectivity index (χ0v) is 11.6. The number of nitrogens with two attached hydrogens (primary N) is 1. The van der Waals surface area contributed by atoms with E-state index in [-0.39, 0.29) is 11.9 Å². The summed E-state index contributed by atoms with van der Waals surface area (Å²) in [4.78, 5) is 4.06. The SMILES string of the molecule is CC(N)Cc1cc(F)ccc1OCCc1cccnc1. The minimum atomic E-state index is -0.264. The molecule has 1 atom stereocenters. The van der Waals surface area contributed by atoms with Crippen LogP contribution >= 0.6 is 0 Å². The van der Waals surface area contributed by atoms with Crippen molar-refractivity contribution >= 4 is 0 Å². The Labute approximate surface area is 118 Å². The normalized spacial score (nSPS) is 12.2. The number of ether oxygens (including phenoxy) is 1. The van der Waals surface area contributed by atoms with E-state index < -0.39 is 0 Å². The molecule has 0 aliphatic rings. The van der Waals surface area contributed by atoms with E-state index >= 15 is 0 Å². The molecule has 0 fully saturated rings. The largest absolute Gasteiger partial charge is 0.493 e. The molecule has 2 aromatic rings. The zero-order valence-electron chi connectivity index (χ0n) is 11.6. The van der Waals surface area contributed by atoms with Crippen molar-refractivity contribution < 1.29 is 9.13 Å². The van der Waals surface area contributed by atoms with E-state index in [2.05, 4.69) is 4.98 Å². The van der Waals surface area contributed by atoms with Crippen molar-refractivity contribution in [3.05, 3.63) is 59.7 Å². The lowest BCUT2D eigenvalue weighted by molar-refractivity contribution is 0.317. The van der Waals surface area contributed by atoms with Crippen LogP contribution in [0.5, 0.6) is 5.75 Å². The fourth-order valence-electron chi connectivity index (χ4n) is 2.02. The van der Waals surface area contributed by atoms with Crippen molar-refractivity contribution in [1.82, 2.24) is 4.98 Å². The van der Waals surface area contributed by atoms with Gasteiger partial charge in [-0.1, -0.05) is 6.07 Å². The maximum Gasteiger partial charge on any atom is 0.123 e. The molecule has 0 saturated carbocycles. The molecule has 106 valence electrons. The summed E-state index contributed by atoms with van der Waals surface area (Å²) < 4.78 is 19.0.